The Kier molecular flexibility index (Phi) is 5.23. The number of ether oxygens (including phenoxy) is 1. The molecule has 2 N–H and O–H groups in total. The van der Waals surface area contributed by atoms with Gasteiger partial charge in [0.05, 0.1) is 18.0 Å². The quantitative estimate of drug-likeness (QED) is 0.786. The molecule has 1 aromatic rings. The van der Waals surface area contributed by atoms with Gasteiger partial charge in [-0.25, -0.2) is 0 Å². The summed E-state index contributed by atoms with van der Waals surface area (Å²) >= 11 is 0. The highest BCUT2D eigenvalue weighted by Crippen LogP contribution is 2.35. The lowest BCUT2D eigenvalue weighted by molar-refractivity contribution is 0.0801. The molecule has 1 aliphatic carbocycles. The Morgan fingerprint density at radius 1 is 1.29 bits per heavy atom. The normalized spacial score (nSPS) is 18.4. The van der Waals surface area contributed by atoms with Gasteiger partial charge >= 0.3 is 0 Å². The Morgan fingerprint density at radius 2 is 2.05 bits per heavy atom. The van der Waals surface area contributed by atoms with Gasteiger partial charge in [-0.3, -0.25) is 4.98 Å². The zero-order valence-corrected chi connectivity index (χ0v) is 12.9. The van der Waals surface area contributed by atoms with Crippen LogP contribution in [-0.2, 0) is 0 Å². The van der Waals surface area contributed by atoms with Gasteiger partial charge in [-0.2, -0.15) is 0 Å². The van der Waals surface area contributed by atoms with Crippen molar-refractivity contribution in [3.8, 4) is 11.5 Å². The van der Waals surface area contributed by atoms with Crippen LogP contribution in [0.15, 0.2) is 29.6 Å². The van der Waals surface area contributed by atoms with Gasteiger partial charge in [0, 0.05) is 6.07 Å². The number of hydrogen-bond donors (Lipinski definition) is 2. The number of hydrogen-bond acceptors (Lipinski definition) is 4. The number of pyridine rings is 1. The molecule has 1 aromatic heterocycles. The summed E-state index contributed by atoms with van der Waals surface area (Å²) in [6.45, 7) is 4.46. The van der Waals surface area contributed by atoms with Gasteiger partial charge in [-0.05, 0) is 50.2 Å². The summed E-state index contributed by atoms with van der Waals surface area (Å²) in [4.78, 5) is 3.90. The van der Waals surface area contributed by atoms with E-state index >= 15 is 0 Å². The van der Waals surface area contributed by atoms with Crippen LogP contribution in [0.25, 0.3) is 0 Å². The molecule has 0 spiro atoms. The van der Waals surface area contributed by atoms with Crippen LogP contribution >= 0.6 is 0 Å². The summed E-state index contributed by atoms with van der Waals surface area (Å²) in [6.07, 6.45) is 8.90. The van der Waals surface area contributed by atoms with Crippen molar-refractivity contribution in [1.29, 1.82) is 0 Å². The Labute approximate surface area is 126 Å². The topological polar surface area (TPSA) is 62.6 Å². The molecule has 4 heteroatoms. The average Bonchev–Trinajstić information content (AvgIpc) is 2.45. The van der Waals surface area contributed by atoms with E-state index in [1.54, 1.807) is 12.3 Å². The number of aromatic nitrogens is 1. The lowest BCUT2D eigenvalue weighted by Crippen LogP contribution is -2.30. The first kappa shape index (κ1) is 15.8. The predicted molar refractivity (Wildman–Crippen MR) is 82.4 cm³/mol. The Balaban J connectivity index is 2.12. The molecule has 0 bridgehead atoms. The van der Waals surface area contributed by atoms with E-state index in [0.29, 0.717) is 12.4 Å². The van der Waals surface area contributed by atoms with Crippen LogP contribution in [0.4, 0.5) is 0 Å². The Bertz CT molecular complexity index is 509. The highest BCUT2D eigenvalue weighted by Gasteiger charge is 2.29. The molecule has 1 aliphatic rings. The van der Waals surface area contributed by atoms with Crippen LogP contribution in [0.2, 0.25) is 0 Å². The largest absolute Gasteiger partial charge is 0.506 e. The van der Waals surface area contributed by atoms with Crippen molar-refractivity contribution >= 4 is 0 Å². The third kappa shape index (κ3) is 4.21. The third-order valence-corrected chi connectivity index (χ3v) is 4.08. The van der Waals surface area contributed by atoms with Gasteiger partial charge in [0.2, 0.25) is 0 Å². The molecule has 21 heavy (non-hydrogen) atoms. The monoisotopic (exact) mass is 291 g/mol. The minimum Gasteiger partial charge on any atom is -0.506 e. The lowest BCUT2D eigenvalue weighted by Gasteiger charge is -2.32. The number of aromatic hydroxyl groups is 1. The summed E-state index contributed by atoms with van der Waals surface area (Å²) in [5.74, 6) is 0.658. The molecule has 0 saturated heterocycles. The average molecular weight is 291 g/mol. The van der Waals surface area contributed by atoms with Gasteiger partial charge in [0.15, 0.2) is 0 Å². The summed E-state index contributed by atoms with van der Waals surface area (Å²) < 4.78 is 5.74. The summed E-state index contributed by atoms with van der Waals surface area (Å²) in [5, 5.41) is 20.1. The summed E-state index contributed by atoms with van der Waals surface area (Å²) in [5.41, 5.74) is 1.61. The van der Waals surface area contributed by atoms with Crippen molar-refractivity contribution in [1.82, 2.24) is 4.98 Å². The van der Waals surface area contributed by atoms with Crippen LogP contribution in [0.1, 0.15) is 52.4 Å². The number of rotatable bonds is 6. The van der Waals surface area contributed by atoms with Crippen molar-refractivity contribution in [2.24, 2.45) is 0 Å². The fourth-order valence-electron chi connectivity index (χ4n) is 3.07. The molecule has 0 radical (unpaired) electrons. The molecule has 116 valence electrons. The van der Waals surface area contributed by atoms with Crippen LogP contribution in [-0.4, -0.2) is 27.4 Å². The minimum absolute atomic E-state index is 0.100. The molecule has 0 amide bonds. The van der Waals surface area contributed by atoms with E-state index in [4.69, 9.17) is 4.74 Å². The molecular weight excluding hydrogens is 266 g/mol. The second kappa shape index (κ2) is 6.94. The Morgan fingerprint density at radius 3 is 2.76 bits per heavy atom. The van der Waals surface area contributed by atoms with Crippen molar-refractivity contribution in [3.63, 3.8) is 0 Å². The molecule has 1 atom stereocenters. The van der Waals surface area contributed by atoms with Crippen molar-refractivity contribution in [2.75, 3.05) is 6.61 Å². The molecule has 0 aliphatic heterocycles. The van der Waals surface area contributed by atoms with Gasteiger partial charge in [0.25, 0.3) is 0 Å². The van der Waals surface area contributed by atoms with Crippen LogP contribution in [0.5, 0.6) is 11.5 Å². The van der Waals surface area contributed by atoms with Gasteiger partial charge in [-0.15, -0.1) is 0 Å². The van der Waals surface area contributed by atoms with E-state index < -0.39 is 5.60 Å². The minimum atomic E-state index is -0.731. The van der Waals surface area contributed by atoms with Gasteiger partial charge < -0.3 is 14.9 Å². The first-order valence-corrected chi connectivity index (χ1v) is 7.73. The van der Waals surface area contributed by atoms with Gasteiger partial charge in [0.1, 0.15) is 18.1 Å². The van der Waals surface area contributed by atoms with Gasteiger partial charge in [-0.1, -0.05) is 13.3 Å². The van der Waals surface area contributed by atoms with E-state index in [-0.39, 0.29) is 5.75 Å². The summed E-state index contributed by atoms with van der Waals surface area (Å²) in [7, 11) is 0. The number of nitrogens with zero attached hydrogens (tertiary/aromatic N) is 1. The molecular formula is C17H25NO3. The molecule has 2 rings (SSSR count). The Hall–Kier alpha value is -1.55. The van der Waals surface area contributed by atoms with E-state index in [2.05, 4.69) is 11.9 Å². The van der Waals surface area contributed by atoms with E-state index in [1.807, 2.05) is 6.92 Å². The smallest absolute Gasteiger partial charge is 0.141 e. The zero-order chi connectivity index (χ0) is 15.3. The van der Waals surface area contributed by atoms with Crippen molar-refractivity contribution in [2.45, 2.75) is 58.0 Å². The predicted octanol–water partition coefficient (Wildman–Crippen LogP) is 3.59. The molecule has 0 fully saturated rings. The molecule has 1 heterocycles. The highest BCUT2D eigenvalue weighted by molar-refractivity contribution is 5.29. The van der Waals surface area contributed by atoms with E-state index in [9.17, 15) is 10.2 Å². The maximum atomic E-state index is 10.7. The standard InChI is InChI=1S/C17H25NO3/c1-3-8-17(2,20)16-7-5-4-6-13(16)12-21-15-9-14(19)10-18-11-15/h9-11,19-20H,3-8,12H2,1-2H3. The third-order valence-electron chi connectivity index (χ3n) is 4.08. The zero-order valence-electron chi connectivity index (χ0n) is 12.9. The lowest BCUT2D eigenvalue weighted by atomic mass is 9.80. The molecule has 0 saturated carbocycles. The molecule has 4 nitrogen and oxygen atoms in total. The van der Waals surface area contributed by atoms with E-state index in [1.165, 1.54) is 11.8 Å². The maximum absolute atomic E-state index is 10.7. The fraction of sp³-hybridized carbons (Fsp3) is 0.588. The maximum Gasteiger partial charge on any atom is 0.141 e. The first-order chi connectivity index (χ1) is 10.0. The highest BCUT2D eigenvalue weighted by atomic mass is 16.5. The van der Waals surface area contributed by atoms with Crippen LogP contribution in [0, 0.1) is 0 Å². The van der Waals surface area contributed by atoms with Crippen LogP contribution in [0.3, 0.4) is 0 Å². The van der Waals surface area contributed by atoms with E-state index in [0.717, 1.165) is 44.1 Å². The second-order valence-electron chi connectivity index (χ2n) is 5.98. The van der Waals surface area contributed by atoms with Crippen LogP contribution < -0.4 is 4.74 Å². The molecule has 0 aromatic carbocycles. The second-order valence-corrected chi connectivity index (χ2v) is 5.98. The van der Waals surface area contributed by atoms with Crippen molar-refractivity contribution < 1.29 is 14.9 Å². The summed E-state index contributed by atoms with van der Waals surface area (Å²) in [6, 6.07) is 1.56. The first-order valence-electron chi connectivity index (χ1n) is 7.73. The fourth-order valence-corrected chi connectivity index (χ4v) is 3.07. The number of aliphatic hydroxyl groups is 1. The van der Waals surface area contributed by atoms with Crippen molar-refractivity contribution in [3.05, 3.63) is 29.6 Å². The molecule has 1 unspecified atom stereocenters. The SMILES string of the molecule is CCCC(C)(O)C1=C(COc2cncc(O)c2)CCCC1.